The summed E-state index contributed by atoms with van der Waals surface area (Å²) in [4.78, 5) is 23.5. The molecule has 0 bridgehead atoms. The molecule has 2 N–H and O–H groups in total. The number of carbonyl (C=O) groups excluding carboxylic acids is 1. The molecule has 0 spiro atoms. The lowest BCUT2D eigenvalue weighted by atomic mass is 10.1. The van der Waals surface area contributed by atoms with E-state index in [-0.39, 0.29) is 5.69 Å². The van der Waals surface area contributed by atoms with Crippen molar-refractivity contribution >= 4 is 17.7 Å². The van der Waals surface area contributed by atoms with Gasteiger partial charge in [0.2, 0.25) is 0 Å². The number of hydrogen-bond donors (Lipinski definition) is 1. The molecule has 1 amide bonds. The summed E-state index contributed by atoms with van der Waals surface area (Å²) in [7, 11) is 0. The number of carbonyl (C=O) groups is 1. The van der Waals surface area contributed by atoms with E-state index in [4.69, 9.17) is 5.73 Å². The number of nitro benzene ring substituents is 1. The van der Waals surface area contributed by atoms with Crippen LogP contribution in [0.1, 0.15) is 18.4 Å². The van der Waals surface area contributed by atoms with E-state index < -0.39 is 10.8 Å². The smallest absolute Gasteiger partial charge is 0.269 e. The zero-order chi connectivity index (χ0) is 13.8. The molecule has 1 heterocycles. The first-order chi connectivity index (χ1) is 9.08. The number of nitrogens with zero attached hydrogens (tertiary/aromatic N) is 2. The third-order valence-electron chi connectivity index (χ3n) is 3.11. The van der Waals surface area contributed by atoms with Crippen LogP contribution in [0, 0.1) is 10.1 Å². The van der Waals surface area contributed by atoms with Crippen LogP contribution >= 0.6 is 0 Å². The van der Waals surface area contributed by atoms with Crippen LogP contribution < -0.4 is 5.73 Å². The summed E-state index contributed by atoms with van der Waals surface area (Å²) in [6.45, 7) is 1.64. The van der Waals surface area contributed by atoms with Gasteiger partial charge in [-0.15, -0.1) is 0 Å². The third kappa shape index (κ3) is 3.09. The highest BCUT2D eigenvalue weighted by atomic mass is 16.6. The second-order valence-corrected chi connectivity index (χ2v) is 4.44. The van der Waals surface area contributed by atoms with E-state index in [0.29, 0.717) is 5.70 Å². The quantitative estimate of drug-likeness (QED) is 0.505. The lowest BCUT2D eigenvalue weighted by Gasteiger charge is -2.18. The minimum absolute atomic E-state index is 0.0268. The first-order valence-corrected chi connectivity index (χ1v) is 6.09. The second-order valence-electron chi connectivity index (χ2n) is 4.44. The number of likely N-dealkylation sites (tertiary alicyclic amines) is 1. The van der Waals surface area contributed by atoms with E-state index >= 15 is 0 Å². The van der Waals surface area contributed by atoms with Crippen molar-refractivity contribution in [2.24, 2.45) is 5.73 Å². The maximum absolute atomic E-state index is 11.5. The Hall–Kier alpha value is -2.37. The summed E-state index contributed by atoms with van der Waals surface area (Å²) in [6, 6.07) is 6.04. The highest BCUT2D eigenvalue weighted by Crippen LogP contribution is 2.19. The number of primary amides is 1. The molecule has 19 heavy (non-hydrogen) atoms. The van der Waals surface area contributed by atoms with Gasteiger partial charge in [-0.2, -0.15) is 0 Å². The second kappa shape index (κ2) is 5.51. The highest BCUT2D eigenvalue weighted by Gasteiger charge is 2.18. The first-order valence-electron chi connectivity index (χ1n) is 6.09. The topological polar surface area (TPSA) is 89.5 Å². The summed E-state index contributed by atoms with van der Waals surface area (Å²) < 4.78 is 0. The Balaban J connectivity index is 2.25. The van der Waals surface area contributed by atoms with Crippen LogP contribution in [-0.4, -0.2) is 28.8 Å². The number of nitrogens with two attached hydrogens (primary N) is 1. The molecular weight excluding hydrogens is 246 g/mol. The van der Waals surface area contributed by atoms with Gasteiger partial charge in [-0.25, -0.2) is 0 Å². The molecular formula is C13H15N3O3. The molecule has 100 valence electrons. The molecule has 0 aromatic heterocycles. The normalized spacial score (nSPS) is 15.6. The van der Waals surface area contributed by atoms with E-state index in [1.807, 2.05) is 4.90 Å². The van der Waals surface area contributed by atoms with Gasteiger partial charge in [0, 0.05) is 25.2 Å². The largest absolute Gasteiger partial charge is 0.367 e. The predicted octanol–water partition coefficient (Wildman–Crippen LogP) is 1.52. The SMILES string of the molecule is NC(=O)C(=Cc1ccc([N+](=O)[O-])cc1)N1CCCC1. The van der Waals surface area contributed by atoms with Crippen LogP contribution in [0.4, 0.5) is 5.69 Å². The minimum Gasteiger partial charge on any atom is -0.367 e. The van der Waals surface area contributed by atoms with Gasteiger partial charge in [-0.05, 0) is 36.6 Å². The van der Waals surface area contributed by atoms with Crippen molar-refractivity contribution in [3.63, 3.8) is 0 Å². The first kappa shape index (κ1) is 13.1. The minimum atomic E-state index is -0.472. The number of non-ortho nitro benzene ring substituents is 1. The summed E-state index contributed by atoms with van der Waals surface area (Å²) in [5.41, 5.74) is 6.60. The Morgan fingerprint density at radius 1 is 1.26 bits per heavy atom. The van der Waals surface area contributed by atoms with Crippen LogP contribution in [0.2, 0.25) is 0 Å². The monoisotopic (exact) mass is 261 g/mol. The molecule has 1 aromatic carbocycles. The summed E-state index contributed by atoms with van der Waals surface area (Å²) in [5.74, 6) is -0.472. The molecule has 1 aliphatic heterocycles. The van der Waals surface area contributed by atoms with Crippen molar-refractivity contribution in [2.75, 3.05) is 13.1 Å². The van der Waals surface area contributed by atoms with Crippen molar-refractivity contribution in [3.8, 4) is 0 Å². The van der Waals surface area contributed by atoms with Crippen LogP contribution in [0.15, 0.2) is 30.0 Å². The van der Waals surface area contributed by atoms with Gasteiger partial charge < -0.3 is 10.6 Å². The maximum atomic E-state index is 11.5. The van der Waals surface area contributed by atoms with Gasteiger partial charge in [0.25, 0.3) is 11.6 Å². The molecule has 1 aliphatic rings. The molecule has 2 rings (SSSR count). The zero-order valence-electron chi connectivity index (χ0n) is 10.4. The molecule has 0 atom stereocenters. The number of nitro groups is 1. The van der Waals surface area contributed by atoms with Crippen LogP contribution in [0.3, 0.4) is 0 Å². The molecule has 0 radical (unpaired) electrons. The fourth-order valence-corrected chi connectivity index (χ4v) is 2.13. The average molecular weight is 261 g/mol. The van der Waals surface area contributed by atoms with Crippen LogP contribution in [0.5, 0.6) is 0 Å². The lowest BCUT2D eigenvalue weighted by molar-refractivity contribution is -0.384. The maximum Gasteiger partial charge on any atom is 0.269 e. The molecule has 0 aliphatic carbocycles. The Kier molecular flexibility index (Phi) is 3.79. The van der Waals surface area contributed by atoms with Crippen molar-refractivity contribution in [1.82, 2.24) is 4.90 Å². The summed E-state index contributed by atoms with van der Waals surface area (Å²) in [5, 5.41) is 10.6. The van der Waals surface area contributed by atoms with E-state index in [1.165, 1.54) is 12.1 Å². The Labute approximate surface area is 110 Å². The van der Waals surface area contributed by atoms with Crippen LogP contribution in [0.25, 0.3) is 6.08 Å². The number of amides is 1. The summed E-state index contributed by atoms with van der Waals surface area (Å²) >= 11 is 0. The standard InChI is InChI=1S/C13H15N3O3/c14-13(17)12(15-7-1-2-8-15)9-10-3-5-11(6-4-10)16(18)19/h3-6,9H,1-2,7-8H2,(H2,14,17). The van der Waals surface area contributed by atoms with Gasteiger partial charge in [-0.1, -0.05) is 0 Å². The number of benzene rings is 1. The third-order valence-corrected chi connectivity index (χ3v) is 3.11. The van der Waals surface area contributed by atoms with E-state index in [9.17, 15) is 14.9 Å². The van der Waals surface area contributed by atoms with Crippen LogP contribution in [-0.2, 0) is 4.79 Å². The van der Waals surface area contributed by atoms with E-state index in [2.05, 4.69) is 0 Å². The van der Waals surface area contributed by atoms with E-state index in [0.717, 1.165) is 31.5 Å². The number of hydrogen-bond acceptors (Lipinski definition) is 4. The fourth-order valence-electron chi connectivity index (χ4n) is 2.13. The Morgan fingerprint density at radius 3 is 2.32 bits per heavy atom. The van der Waals surface area contributed by atoms with Gasteiger partial charge in [0.1, 0.15) is 5.70 Å². The van der Waals surface area contributed by atoms with Crippen molar-refractivity contribution in [1.29, 1.82) is 0 Å². The molecule has 6 heteroatoms. The molecule has 1 saturated heterocycles. The van der Waals surface area contributed by atoms with Gasteiger partial charge in [0.15, 0.2) is 0 Å². The summed E-state index contributed by atoms with van der Waals surface area (Å²) in [6.07, 6.45) is 3.77. The lowest BCUT2D eigenvalue weighted by Crippen LogP contribution is -2.29. The van der Waals surface area contributed by atoms with E-state index in [1.54, 1.807) is 18.2 Å². The van der Waals surface area contributed by atoms with Crippen molar-refractivity contribution in [2.45, 2.75) is 12.8 Å². The number of rotatable bonds is 4. The molecule has 0 saturated carbocycles. The van der Waals surface area contributed by atoms with Crippen molar-refractivity contribution < 1.29 is 9.72 Å². The van der Waals surface area contributed by atoms with Crippen molar-refractivity contribution in [3.05, 3.63) is 45.6 Å². The molecule has 0 unspecified atom stereocenters. The Bertz CT molecular complexity index is 516. The molecule has 6 nitrogen and oxygen atoms in total. The van der Waals surface area contributed by atoms with Gasteiger partial charge in [0.05, 0.1) is 4.92 Å². The predicted molar refractivity (Wildman–Crippen MR) is 71.1 cm³/mol. The van der Waals surface area contributed by atoms with Gasteiger partial charge >= 0.3 is 0 Å². The van der Waals surface area contributed by atoms with Gasteiger partial charge in [-0.3, -0.25) is 14.9 Å². The highest BCUT2D eigenvalue weighted by molar-refractivity contribution is 5.96. The fraction of sp³-hybridized carbons (Fsp3) is 0.308. The zero-order valence-corrected chi connectivity index (χ0v) is 10.4. The molecule has 1 fully saturated rings. The molecule has 1 aromatic rings. The average Bonchev–Trinajstić information content (AvgIpc) is 2.89. The Morgan fingerprint density at radius 2 is 1.84 bits per heavy atom.